The van der Waals surface area contributed by atoms with E-state index in [9.17, 15) is 4.79 Å². The first-order valence-electron chi connectivity index (χ1n) is 10.3. The molecule has 4 aromatic rings. The number of carbonyl (C=O) groups excluding carboxylic acids is 1. The lowest BCUT2D eigenvalue weighted by atomic mass is 9.94. The van der Waals surface area contributed by atoms with Crippen molar-refractivity contribution in [1.29, 1.82) is 0 Å². The second-order valence-electron chi connectivity index (χ2n) is 7.60. The largest absolute Gasteiger partial charge is 0.322 e. The molecule has 0 aliphatic heterocycles. The van der Waals surface area contributed by atoms with Gasteiger partial charge in [0.05, 0.1) is 5.69 Å². The molecule has 1 unspecified atom stereocenters. The summed E-state index contributed by atoms with van der Waals surface area (Å²) in [6.07, 6.45) is 2.84. The maximum Gasteiger partial charge on any atom is 0.255 e. The van der Waals surface area contributed by atoms with E-state index in [0.29, 0.717) is 11.5 Å². The summed E-state index contributed by atoms with van der Waals surface area (Å²) in [6, 6.07) is 28.2. The Bertz CT molecular complexity index is 1210. The third kappa shape index (κ3) is 3.18. The smallest absolute Gasteiger partial charge is 0.255 e. The Hall–Kier alpha value is -3.72. The number of nitrogens with zero attached hydrogens (tertiary/aromatic N) is 1. The zero-order chi connectivity index (χ0) is 20.5. The maximum atomic E-state index is 12.8. The molecule has 1 amide bonds. The van der Waals surface area contributed by atoms with Gasteiger partial charge in [-0.15, -0.1) is 0 Å². The quantitative estimate of drug-likeness (QED) is 0.431. The third-order valence-corrected chi connectivity index (χ3v) is 5.83. The number of pyridine rings is 1. The van der Waals surface area contributed by atoms with Crippen LogP contribution in [0.1, 0.15) is 40.7 Å². The van der Waals surface area contributed by atoms with E-state index in [4.69, 9.17) is 0 Å². The van der Waals surface area contributed by atoms with Crippen LogP contribution in [0.4, 0.5) is 5.69 Å². The zero-order valence-corrected chi connectivity index (χ0v) is 16.8. The van der Waals surface area contributed by atoms with Crippen LogP contribution in [0, 0.1) is 0 Å². The van der Waals surface area contributed by atoms with Gasteiger partial charge in [0.1, 0.15) is 0 Å². The Labute approximate surface area is 176 Å². The average molecular weight is 390 g/mol. The minimum atomic E-state index is -0.110. The van der Waals surface area contributed by atoms with E-state index < -0.39 is 0 Å². The zero-order valence-electron chi connectivity index (χ0n) is 16.8. The molecule has 0 saturated heterocycles. The number of hydrogen-bond donors (Lipinski definition) is 1. The number of amides is 1. The lowest BCUT2D eigenvalue weighted by molar-refractivity contribution is 0.102. The van der Waals surface area contributed by atoms with Crippen LogP contribution >= 0.6 is 0 Å². The molecule has 1 N–H and O–H groups in total. The number of benzene rings is 3. The molecule has 0 fully saturated rings. The highest BCUT2D eigenvalue weighted by atomic mass is 16.1. The molecule has 1 heterocycles. The predicted molar refractivity (Wildman–Crippen MR) is 122 cm³/mol. The monoisotopic (exact) mass is 390 g/mol. The molecular weight excluding hydrogens is 368 g/mol. The minimum absolute atomic E-state index is 0.110. The van der Waals surface area contributed by atoms with E-state index in [-0.39, 0.29) is 5.91 Å². The fourth-order valence-electron chi connectivity index (χ4n) is 4.35. The van der Waals surface area contributed by atoms with Gasteiger partial charge in [0.2, 0.25) is 0 Å². The molecule has 0 saturated carbocycles. The molecule has 0 spiro atoms. The summed E-state index contributed by atoms with van der Waals surface area (Å²) in [6.45, 7) is 2.22. The second-order valence-corrected chi connectivity index (χ2v) is 7.60. The highest BCUT2D eigenvalue weighted by Crippen LogP contribution is 2.46. The van der Waals surface area contributed by atoms with E-state index in [1.165, 1.54) is 22.3 Å². The molecule has 3 heteroatoms. The van der Waals surface area contributed by atoms with Crippen molar-refractivity contribution in [2.45, 2.75) is 19.3 Å². The predicted octanol–water partition coefficient (Wildman–Crippen LogP) is 6.52. The summed E-state index contributed by atoms with van der Waals surface area (Å²) in [4.78, 5) is 17.2. The van der Waals surface area contributed by atoms with E-state index in [1.54, 1.807) is 6.20 Å². The maximum absolute atomic E-state index is 12.8. The number of hydrogen-bond acceptors (Lipinski definition) is 2. The van der Waals surface area contributed by atoms with Crippen molar-refractivity contribution in [3.05, 3.63) is 108 Å². The van der Waals surface area contributed by atoms with Gasteiger partial charge in [-0.25, -0.2) is 0 Å². The summed E-state index contributed by atoms with van der Waals surface area (Å²) in [5.74, 6) is 0.320. The first-order chi connectivity index (χ1) is 14.7. The van der Waals surface area contributed by atoms with Crippen molar-refractivity contribution in [3.8, 4) is 22.4 Å². The Morgan fingerprint density at radius 2 is 1.63 bits per heavy atom. The van der Waals surface area contributed by atoms with E-state index in [2.05, 4.69) is 53.6 Å². The number of carbonyl (C=O) groups is 1. The Morgan fingerprint density at radius 1 is 0.867 bits per heavy atom. The number of anilines is 1. The summed E-state index contributed by atoms with van der Waals surface area (Å²) >= 11 is 0. The molecule has 5 rings (SSSR count). The van der Waals surface area contributed by atoms with Crippen molar-refractivity contribution in [2.75, 3.05) is 5.32 Å². The van der Waals surface area contributed by atoms with Crippen molar-refractivity contribution >= 4 is 11.6 Å². The van der Waals surface area contributed by atoms with Crippen molar-refractivity contribution in [1.82, 2.24) is 4.98 Å². The third-order valence-electron chi connectivity index (χ3n) is 5.83. The Morgan fingerprint density at radius 3 is 2.40 bits per heavy atom. The standard InChI is InChI=1S/C27H22N2O/c1-2-21-22-7-3-4-8-23(22)25-17-20(14-15-24(21)25)29-27(30)19-12-10-18(11-13-19)26-9-5-6-16-28-26/h3-17,21H,2H2,1H3,(H,29,30). The SMILES string of the molecule is CCC1c2ccccc2-c2cc(NC(=O)c3ccc(-c4ccccn4)cc3)ccc21. The summed E-state index contributed by atoms with van der Waals surface area (Å²) in [7, 11) is 0. The number of rotatable bonds is 4. The molecule has 1 aliphatic carbocycles. The molecule has 30 heavy (non-hydrogen) atoms. The first-order valence-corrected chi connectivity index (χ1v) is 10.3. The van der Waals surface area contributed by atoms with Gasteiger partial charge in [-0.1, -0.05) is 55.5 Å². The van der Waals surface area contributed by atoms with Crippen LogP contribution in [0.5, 0.6) is 0 Å². The van der Waals surface area contributed by atoms with Gasteiger partial charge in [0, 0.05) is 28.9 Å². The molecule has 0 bridgehead atoms. The van der Waals surface area contributed by atoms with Gasteiger partial charge >= 0.3 is 0 Å². The topological polar surface area (TPSA) is 42.0 Å². The molecule has 1 aromatic heterocycles. The molecule has 146 valence electrons. The Kier molecular flexibility index (Phi) is 4.64. The Balaban J connectivity index is 1.39. The lowest BCUT2D eigenvalue weighted by Crippen LogP contribution is -2.11. The molecule has 3 aromatic carbocycles. The molecule has 1 aliphatic rings. The normalized spacial score (nSPS) is 14.1. The van der Waals surface area contributed by atoms with Crippen molar-refractivity contribution in [3.63, 3.8) is 0 Å². The average Bonchev–Trinajstić information content (AvgIpc) is 3.13. The fraction of sp³-hybridized carbons (Fsp3) is 0.111. The van der Waals surface area contributed by atoms with Gasteiger partial charge < -0.3 is 5.32 Å². The second kappa shape index (κ2) is 7.60. The molecule has 1 atom stereocenters. The van der Waals surface area contributed by atoms with Gasteiger partial charge in [-0.05, 0) is 65.1 Å². The van der Waals surface area contributed by atoms with Crippen LogP contribution in [0.25, 0.3) is 22.4 Å². The van der Waals surface area contributed by atoms with E-state index in [0.717, 1.165) is 23.4 Å². The van der Waals surface area contributed by atoms with Crippen LogP contribution in [-0.4, -0.2) is 10.9 Å². The lowest BCUT2D eigenvalue weighted by Gasteiger charge is -2.11. The van der Waals surface area contributed by atoms with Crippen LogP contribution in [-0.2, 0) is 0 Å². The highest BCUT2D eigenvalue weighted by molar-refractivity contribution is 6.05. The van der Waals surface area contributed by atoms with Crippen molar-refractivity contribution in [2.24, 2.45) is 0 Å². The molecule has 3 nitrogen and oxygen atoms in total. The number of aromatic nitrogens is 1. The number of fused-ring (bicyclic) bond motifs is 3. The van der Waals surface area contributed by atoms with Gasteiger partial charge in [0.15, 0.2) is 0 Å². The molecular formula is C27H22N2O. The molecule has 0 radical (unpaired) electrons. The summed E-state index contributed by atoms with van der Waals surface area (Å²) in [5.41, 5.74) is 8.55. The fourth-order valence-corrected chi connectivity index (χ4v) is 4.35. The van der Waals surface area contributed by atoms with Crippen LogP contribution in [0.15, 0.2) is 91.1 Å². The summed E-state index contributed by atoms with van der Waals surface area (Å²) in [5, 5.41) is 3.06. The van der Waals surface area contributed by atoms with Gasteiger partial charge in [-0.2, -0.15) is 0 Å². The van der Waals surface area contributed by atoms with Crippen LogP contribution in [0.2, 0.25) is 0 Å². The minimum Gasteiger partial charge on any atom is -0.322 e. The van der Waals surface area contributed by atoms with Gasteiger partial charge in [0.25, 0.3) is 5.91 Å². The van der Waals surface area contributed by atoms with Crippen LogP contribution in [0.3, 0.4) is 0 Å². The van der Waals surface area contributed by atoms with Crippen LogP contribution < -0.4 is 5.32 Å². The van der Waals surface area contributed by atoms with Gasteiger partial charge in [-0.3, -0.25) is 9.78 Å². The highest BCUT2D eigenvalue weighted by Gasteiger charge is 2.27. The number of nitrogens with one attached hydrogen (secondary N) is 1. The first kappa shape index (κ1) is 18.3. The summed E-state index contributed by atoms with van der Waals surface area (Å²) < 4.78 is 0. The van der Waals surface area contributed by atoms with Crippen molar-refractivity contribution < 1.29 is 4.79 Å². The van der Waals surface area contributed by atoms with E-state index >= 15 is 0 Å². The van der Waals surface area contributed by atoms with E-state index in [1.807, 2.05) is 48.5 Å².